The number of nitrogens with two attached hydrogens (primary N) is 1. The molecule has 3 amide bonds. The molecule has 4 unspecified atom stereocenters. The maximum absolute atomic E-state index is 13.2. The van der Waals surface area contributed by atoms with E-state index in [0.29, 0.717) is 5.56 Å². The number of carboxylic acid groups (broad SMARTS) is 2. The Balaban J connectivity index is 2.27. The van der Waals surface area contributed by atoms with Gasteiger partial charge in [-0.3, -0.25) is 19.2 Å². The highest BCUT2D eigenvalue weighted by Gasteiger charge is 2.32. The highest BCUT2D eigenvalue weighted by molar-refractivity contribution is 5.96. The number of carbonyl (C=O) groups is 5. The first-order valence-corrected chi connectivity index (χ1v) is 11.5. The topological polar surface area (TPSA) is 204 Å². The number of hydrogen-bond donors (Lipinski definition) is 7. The summed E-state index contributed by atoms with van der Waals surface area (Å²) in [7, 11) is 0. The Kier molecular flexibility index (Phi) is 9.97. The molecular weight excluding hydrogens is 470 g/mol. The number of aromatic amines is 1. The third kappa shape index (κ3) is 8.08. The van der Waals surface area contributed by atoms with Crippen LogP contribution in [0, 0.1) is 5.92 Å². The van der Waals surface area contributed by atoms with Crippen LogP contribution in [0.25, 0.3) is 10.9 Å². The summed E-state index contributed by atoms with van der Waals surface area (Å²) in [6.07, 6.45) is 1.05. The van der Waals surface area contributed by atoms with Crippen LogP contribution in [0.2, 0.25) is 0 Å². The molecule has 0 saturated heterocycles. The lowest BCUT2D eigenvalue weighted by Crippen LogP contribution is -2.57. The Hall–Kier alpha value is -3.93. The zero-order chi connectivity index (χ0) is 27.0. The highest BCUT2D eigenvalue weighted by atomic mass is 16.4. The van der Waals surface area contributed by atoms with Crippen molar-refractivity contribution in [3.05, 3.63) is 36.0 Å². The molecule has 0 bridgehead atoms. The van der Waals surface area contributed by atoms with Crippen molar-refractivity contribution in [3.63, 3.8) is 0 Å². The number of aromatic nitrogens is 1. The summed E-state index contributed by atoms with van der Waals surface area (Å²) in [6, 6.07) is 2.41. The fourth-order valence-corrected chi connectivity index (χ4v) is 3.65. The van der Waals surface area contributed by atoms with Crippen LogP contribution in [0.15, 0.2) is 30.5 Å². The molecule has 2 aromatic rings. The van der Waals surface area contributed by atoms with E-state index in [0.717, 1.165) is 10.9 Å². The number of hydrogen-bond acceptors (Lipinski definition) is 6. The maximum atomic E-state index is 13.2. The van der Waals surface area contributed by atoms with Gasteiger partial charge in [0.15, 0.2) is 0 Å². The van der Waals surface area contributed by atoms with E-state index in [9.17, 15) is 34.2 Å². The minimum atomic E-state index is -1.57. The molecule has 0 radical (unpaired) electrons. The number of carboxylic acids is 2. The van der Waals surface area contributed by atoms with Gasteiger partial charge in [-0.15, -0.1) is 0 Å². The van der Waals surface area contributed by atoms with Crippen molar-refractivity contribution in [1.29, 1.82) is 0 Å². The van der Waals surface area contributed by atoms with Crippen LogP contribution in [-0.2, 0) is 30.4 Å². The van der Waals surface area contributed by atoms with Crippen molar-refractivity contribution in [2.45, 2.75) is 64.2 Å². The second kappa shape index (κ2) is 12.7. The Morgan fingerprint density at radius 3 is 2.06 bits per heavy atom. The van der Waals surface area contributed by atoms with Crippen molar-refractivity contribution in [3.8, 4) is 0 Å². The number of benzene rings is 1. The van der Waals surface area contributed by atoms with Crippen LogP contribution < -0.4 is 21.7 Å². The van der Waals surface area contributed by atoms with Gasteiger partial charge in [-0.2, -0.15) is 0 Å². The van der Waals surface area contributed by atoms with Crippen LogP contribution in [-0.4, -0.2) is 69.0 Å². The van der Waals surface area contributed by atoms with Gasteiger partial charge in [0.1, 0.15) is 18.1 Å². The van der Waals surface area contributed by atoms with Crippen molar-refractivity contribution >= 4 is 40.6 Å². The van der Waals surface area contributed by atoms with E-state index in [1.165, 1.54) is 6.92 Å². The second-order valence-electron chi connectivity index (χ2n) is 9.10. The first kappa shape index (κ1) is 28.3. The van der Waals surface area contributed by atoms with Gasteiger partial charge >= 0.3 is 11.9 Å². The van der Waals surface area contributed by atoms with Crippen LogP contribution in [0.5, 0.6) is 0 Å². The van der Waals surface area contributed by atoms with Crippen molar-refractivity contribution in [1.82, 2.24) is 20.9 Å². The van der Waals surface area contributed by atoms with Gasteiger partial charge in [0.05, 0.1) is 12.5 Å². The third-order valence-electron chi connectivity index (χ3n) is 5.48. The highest BCUT2D eigenvalue weighted by Crippen LogP contribution is 2.19. The number of rotatable bonds is 13. The largest absolute Gasteiger partial charge is 0.481 e. The molecule has 0 saturated carbocycles. The van der Waals surface area contributed by atoms with Crippen LogP contribution in [0.1, 0.15) is 39.2 Å². The molecule has 0 fully saturated rings. The second-order valence-corrected chi connectivity index (χ2v) is 9.10. The maximum Gasteiger partial charge on any atom is 0.326 e. The van der Waals surface area contributed by atoms with Gasteiger partial charge in [-0.05, 0) is 30.9 Å². The Bertz CT molecular complexity index is 1110. The molecule has 36 heavy (non-hydrogen) atoms. The molecule has 0 spiro atoms. The minimum absolute atomic E-state index is 0.0286. The number of para-hydroxylation sites is 1. The van der Waals surface area contributed by atoms with E-state index in [1.807, 2.05) is 24.3 Å². The number of carbonyl (C=O) groups excluding carboxylic acids is 3. The standard InChI is InChI=1S/C24H33N5O7/c1-12(2)8-19(24(35)36)29-23(34)18(10-20(30)31)28-22(33)17(27-21(32)13(3)25)9-14-11-26-16-7-5-4-6-15(14)16/h4-7,11-13,17-19,26H,8-10,25H2,1-3H3,(H,27,32)(H,28,33)(H,29,34)(H,30,31)(H,35,36). The first-order valence-electron chi connectivity index (χ1n) is 11.5. The summed E-state index contributed by atoms with van der Waals surface area (Å²) in [6.45, 7) is 4.99. The summed E-state index contributed by atoms with van der Waals surface area (Å²) < 4.78 is 0. The van der Waals surface area contributed by atoms with Gasteiger partial charge < -0.3 is 36.9 Å². The molecule has 0 aliphatic heterocycles. The quantitative estimate of drug-likeness (QED) is 0.199. The van der Waals surface area contributed by atoms with Gasteiger partial charge in [0, 0.05) is 23.5 Å². The van der Waals surface area contributed by atoms with Crippen LogP contribution in [0.3, 0.4) is 0 Å². The average Bonchev–Trinajstić information content (AvgIpc) is 3.19. The lowest BCUT2D eigenvalue weighted by molar-refractivity contribution is -0.144. The van der Waals surface area contributed by atoms with E-state index in [1.54, 1.807) is 20.0 Å². The summed E-state index contributed by atoms with van der Waals surface area (Å²) in [5.74, 6) is -5.10. The smallest absolute Gasteiger partial charge is 0.326 e. The molecule has 1 aromatic carbocycles. The SMILES string of the molecule is CC(C)CC(NC(=O)C(CC(=O)O)NC(=O)C(Cc1c[nH]c2ccccc12)NC(=O)C(C)N)C(=O)O. The third-order valence-corrected chi connectivity index (χ3v) is 5.48. The van der Waals surface area contributed by atoms with Crippen LogP contribution >= 0.6 is 0 Å². The molecule has 1 aromatic heterocycles. The predicted molar refractivity (Wildman–Crippen MR) is 131 cm³/mol. The number of fused-ring (bicyclic) bond motifs is 1. The minimum Gasteiger partial charge on any atom is -0.481 e. The summed E-state index contributed by atoms with van der Waals surface area (Å²) in [5.41, 5.74) is 7.16. The number of amides is 3. The molecule has 12 heteroatoms. The van der Waals surface area contributed by atoms with E-state index in [2.05, 4.69) is 20.9 Å². The normalized spacial score (nSPS) is 14.5. The van der Waals surface area contributed by atoms with E-state index < -0.39 is 60.2 Å². The molecule has 196 valence electrons. The van der Waals surface area contributed by atoms with Crippen molar-refractivity contribution in [2.75, 3.05) is 0 Å². The van der Waals surface area contributed by atoms with Crippen LogP contribution in [0.4, 0.5) is 0 Å². The fraction of sp³-hybridized carbons (Fsp3) is 0.458. The van der Waals surface area contributed by atoms with E-state index in [-0.39, 0.29) is 18.8 Å². The number of nitrogens with one attached hydrogen (secondary N) is 4. The zero-order valence-corrected chi connectivity index (χ0v) is 20.4. The van der Waals surface area contributed by atoms with Gasteiger partial charge in [0.2, 0.25) is 17.7 Å². The number of H-pyrrole nitrogens is 1. The van der Waals surface area contributed by atoms with E-state index in [4.69, 9.17) is 5.73 Å². The molecule has 2 rings (SSSR count). The predicted octanol–water partition coefficient (Wildman–Crippen LogP) is 0.117. The lowest BCUT2D eigenvalue weighted by atomic mass is 10.0. The molecule has 12 nitrogen and oxygen atoms in total. The molecule has 8 N–H and O–H groups in total. The Labute approximate surface area is 208 Å². The van der Waals surface area contributed by atoms with Crippen molar-refractivity contribution < 1.29 is 34.2 Å². The summed E-state index contributed by atoms with van der Waals surface area (Å²) >= 11 is 0. The molecule has 1 heterocycles. The molecular formula is C24H33N5O7. The van der Waals surface area contributed by atoms with Gasteiger partial charge in [-0.25, -0.2) is 4.79 Å². The number of aliphatic carboxylic acids is 2. The Morgan fingerprint density at radius 1 is 0.889 bits per heavy atom. The molecule has 0 aliphatic rings. The summed E-state index contributed by atoms with van der Waals surface area (Å²) in [4.78, 5) is 64.3. The van der Waals surface area contributed by atoms with Crippen molar-refractivity contribution in [2.24, 2.45) is 11.7 Å². The fourth-order valence-electron chi connectivity index (χ4n) is 3.65. The summed E-state index contributed by atoms with van der Waals surface area (Å²) in [5, 5.41) is 26.7. The zero-order valence-electron chi connectivity index (χ0n) is 20.4. The van der Waals surface area contributed by atoms with Gasteiger partial charge in [-0.1, -0.05) is 32.0 Å². The van der Waals surface area contributed by atoms with E-state index >= 15 is 0 Å². The first-order chi connectivity index (χ1) is 16.9. The monoisotopic (exact) mass is 503 g/mol. The Morgan fingerprint density at radius 2 is 1.47 bits per heavy atom. The molecule has 0 aliphatic carbocycles. The lowest BCUT2D eigenvalue weighted by Gasteiger charge is -2.24. The average molecular weight is 504 g/mol. The molecule has 4 atom stereocenters. The van der Waals surface area contributed by atoms with Gasteiger partial charge in [0.25, 0.3) is 0 Å².